The number of benzene rings is 2. The van der Waals surface area contributed by atoms with Crippen molar-refractivity contribution in [2.24, 2.45) is 0 Å². The molecule has 0 unspecified atom stereocenters. The first kappa shape index (κ1) is 20.1. The summed E-state index contributed by atoms with van der Waals surface area (Å²) in [5.41, 5.74) is 2.17. The molecule has 1 aromatic heterocycles. The summed E-state index contributed by atoms with van der Waals surface area (Å²) in [5.74, 6) is -0.506. The summed E-state index contributed by atoms with van der Waals surface area (Å²) in [6.07, 6.45) is 1.62. The van der Waals surface area contributed by atoms with Crippen molar-refractivity contribution >= 4 is 51.8 Å². The zero-order chi connectivity index (χ0) is 21.3. The van der Waals surface area contributed by atoms with Gasteiger partial charge in [0, 0.05) is 29.5 Å². The number of nitro groups is 1. The van der Waals surface area contributed by atoms with Crippen LogP contribution in [-0.2, 0) is 6.42 Å². The van der Waals surface area contributed by atoms with E-state index in [-0.39, 0.29) is 22.2 Å². The van der Waals surface area contributed by atoms with Crippen LogP contribution in [0.2, 0.25) is 5.02 Å². The second kappa shape index (κ2) is 8.25. The van der Waals surface area contributed by atoms with Crippen LogP contribution in [0, 0.1) is 10.1 Å². The predicted octanol–water partition coefficient (Wildman–Crippen LogP) is 5.16. The standard InChI is InChI=1S/C21H16ClN3O4S/c22-16-7-5-14(12-18(16)25(28)29)20(26)23-15-6-8-17-13(11-15)3-1-9-24(17)21(27)19-4-2-10-30-19/h2,4-8,10-12H,1,3,9H2,(H,23,26). The number of carbonyl (C=O) groups excluding carboxylic acids is 2. The number of nitrogens with one attached hydrogen (secondary N) is 1. The Hall–Kier alpha value is -3.23. The molecule has 7 nitrogen and oxygen atoms in total. The molecule has 0 bridgehead atoms. The Balaban J connectivity index is 1.56. The number of nitro benzene ring substituents is 1. The Morgan fingerprint density at radius 2 is 2.00 bits per heavy atom. The van der Waals surface area contributed by atoms with Crippen molar-refractivity contribution in [2.75, 3.05) is 16.8 Å². The Labute approximate surface area is 181 Å². The first-order valence-corrected chi connectivity index (χ1v) is 10.4. The van der Waals surface area contributed by atoms with Crippen LogP contribution in [0.1, 0.15) is 32.0 Å². The van der Waals surface area contributed by atoms with Crippen molar-refractivity contribution in [3.05, 3.63) is 85.1 Å². The molecule has 1 N–H and O–H groups in total. The molecule has 0 fully saturated rings. The average molecular weight is 442 g/mol. The molecule has 0 saturated carbocycles. The fraction of sp³-hybridized carbons (Fsp3) is 0.143. The van der Waals surface area contributed by atoms with E-state index in [1.54, 1.807) is 17.0 Å². The smallest absolute Gasteiger partial charge is 0.288 e. The third-order valence-corrected chi connectivity index (χ3v) is 6.02. The summed E-state index contributed by atoms with van der Waals surface area (Å²) < 4.78 is 0. The molecule has 4 rings (SSSR count). The van der Waals surface area contributed by atoms with Crippen LogP contribution in [0.5, 0.6) is 0 Å². The van der Waals surface area contributed by atoms with Crippen molar-refractivity contribution in [1.29, 1.82) is 0 Å². The van der Waals surface area contributed by atoms with E-state index in [4.69, 9.17) is 11.6 Å². The van der Waals surface area contributed by atoms with Gasteiger partial charge < -0.3 is 10.2 Å². The zero-order valence-electron chi connectivity index (χ0n) is 15.6. The quantitative estimate of drug-likeness (QED) is 0.447. The number of aryl methyl sites for hydroxylation is 1. The molecule has 3 aromatic rings. The SMILES string of the molecule is O=C(Nc1ccc2c(c1)CCCN2C(=O)c1cccs1)c1ccc(Cl)c([N+](=O)[O-])c1. The number of amides is 2. The monoisotopic (exact) mass is 441 g/mol. The van der Waals surface area contributed by atoms with Gasteiger partial charge in [-0.25, -0.2) is 0 Å². The number of fused-ring (bicyclic) bond motifs is 1. The van der Waals surface area contributed by atoms with E-state index in [1.807, 2.05) is 23.6 Å². The molecule has 30 heavy (non-hydrogen) atoms. The normalized spacial score (nSPS) is 12.9. The van der Waals surface area contributed by atoms with Crippen LogP contribution >= 0.6 is 22.9 Å². The van der Waals surface area contributed by atoms with Gasteiger partial charge in [-0.15, -0.1) is 11.3 Å². The molecule has 1 aliphatic heterocycles. The van der Waals surface area contributed by atoms with E-state index in [2.05, 4.69) is 5.32 Å². The maximum absolute atomic E-state index is 12.8. The lowest BCUT2D eigenvalue weighted by atomic mass is 10.0. The summed E-state index contributed by atoms with van der Waals surface area (Å²) in [5, 5.41) is 15.6. The number of rotatable bonds is 4. The summed E-state index contributed by atoms with van der Waals surface area (Å²) >= 11 is 7.21. The van der Waals surface area contributed by atoms with Crippen LogP contribution in [0.4, 0.5) is 17.1 Å². The van der Waals surface area contributed by atoms with Crippen LogP contribution < -0.4 is 10.2 Å². The highest BCUT2D eigenvalue weighted by Crippen LogP contribution is 2.32. The molecule has 0 aliphatic carbocycles. The van der Waals surface area contributed by atoms with E-state index >= 15 is 0 Å². The number of thiophene rings is 1. The summed E-state index contributed by atoms with van der Waals surface area (Å²) in [4.78, 5) is 38.2. The molecule has 152 valence electrons. The number of hydrogen-bond acceptors (Lipinski definition) is 5. The third kappa shape index (κ3) is 3.92. The second-order valence-corrected chi connectivity index (χ2v) is 8.11. The summed E-state index contributed by atoms with van der Waals surface area (Å²) in [6.45, 7) is 0.643. The molecule has 2 heterocycles. The largest absolute Gasteiger partial charge is 0.322 e. The van der Waals surface area contributed by atoms with E-state index in [9.17, 15) is 19.7 Å². The van der Waals surface area contributed by atoms with Crippen molar-refractivity contribution < 1.29 is 14.5 Å². The van der Waals surface area contributed by atoms with Crippen LogP contribution in [0.25, 0.3) is 0 Å². The molecule has 0 radical (unpaired) electrons. The highest BCUT2D eigenvalue weighted by atomic mass is 35.5. The number of carbonyl (C=O) groups is 2. The zero-order valence-corrected chi connectivity index (χ0v) is 17.2. The van der Waals surface area contributed by atoms with Crippen molar-refractivity contribution in [2.45, 2.75) is 12.8 Å². The third-order valence-electron chi connectivity index (χ3n) is 4.84. The van der Waals surface area contributed by atoms with E-state index < -0.39 is 10.8 Å². The van der Waals surface area contributed by atoms with Gasteiger partial charge in [-0.1, -0.05) is 17.7 Å². The number of halogens is 1. The number of anilines is 2. The number of nitrogens with zero attached hydrogens (tertiary/aromatic N) is 2. The van der Waals surface area contributed by atoms with Crippen LogP contribution in [-0.4, -0.2) is 23.3 Å². The molecule has 0 saturated heterocycles. The first-order valence-electron chi connectivity index (χ1n) is 9.17. The summed E-state index contributed by atoms with van der Waals surface area (Å²) in [7, 11) is 0. The lowest BCUT2D eigenvalue weighted by Crippen LogP contribution is -2.35. The lowest BCUT2D eigenvalue weighted by Gasteiger charge is -2.29. The first-order chi connectivity index (χ1) is 14.4. The minimum Gasteiger partial charge on any atom is -0.322 e. The van der Waals surface area contributed by atoms with Gasteiger partial charge >= 0.3 is 0 Å². The van der Waals surface area contributed by atoms with Gasteiger partial charge in [0.15, 0.2) is 0 Å². The molecular formula is C21H16ClN3O4S. The average Bonchev–Trinajstić information content (AvgIpc) is 3.27. The van der Waals surface area contributed by atoms with Gasteiger partial charge in [0.2, 0.25) is 0 Å². The highest BCUT2D eigenvalue weighted by Gasteiger charge is 2.24. The maximum atomic E-state index is 12.8. The van der Waals surface area contributed by atoms with Crippen molar-refractivity contribution in [1.82, 2.24) is 0 Å². The summed E-state index contributed by atoms with van der Waals surface area (Å²) in [6, 6.07) is 13.0. The Kier molecular flexibility index (Phi) is 5.52. The number of hydrogen-bond donors (Lipinski definition) is 1. The molecule has 0 atom stereocenters. The molecule has 2 aromatic carbocycles. The van der Waals surface area contributed by atoms with Crippen molar-refractivity contribution in [3.63, 3.8) is 0 Å². The van der Waals surface area contributed by atoms with Crippen molar-refractivity contribution in [3.8, 4) is 0 Å². The van der Waals surface area contributed by atoms with Crippen LogP contribution in [0.3, 0.4) is 0 Å². The Morgan fingerprint density at radius 1 is 1.17 bits per heavy atom. The topological polar surface area (TPSA) is 92.6 Å². The predicted molar refractivity (Wildman–Crippen MR) is 117 cm³/mol. The lowest BCUT2D eigenvalue weighted by molar-refractivity contribution is -0.384. The fourth-order valence-electron chi connectivity index (χ4n) is 3.42. The van der Waals surface area contributed by atoms with Gasteiger partial charge in [-0.05, 0) is 60.2 Å². The fourth-order valence-corrected chi connectivity index (χ4v) is 4.27. The van der Waals surface area contributed by atoms with Gasteiger partial charge in [0.1, 0.15) is 5.02 Å². The van der Waals surface area contributed by atoms with Crippen LogP contribution in [0.15, 0.2) is 53.9 Å². The highest BCUT2D eigenvalue weighted by molar-refractivity contribution is 7.12. The van der Waals surface area contributed by atoms with E-state index in [0.717, 1.165) is 30.2 Å². The molecule has 9 heteroatoms. The second-order valence-electron chi connectivity index (χ2n) is 6.76. The maximum Gasteiger partial charge on any atom is 0.288 e. The molecule has 2 amide bonds. The molecule has 0 spiro atoms. The van der Waals surface area contributed by atoms with Gasteiger partial charge in [-0.2, -0.15) is 0 Å². The van der Waals surface area contributed by atoms with Gasteiger partial charge in [-0.3, -0.25) is 19.7 Å². The Bertz CT molecular complexity index is 1150. The van der Waals surface area contributed by atoms with Gasteiger partial charge in [0.05, 0.1) is 9.80 Å². The molecule has 1 aliphatic rings. The van der Waals surface area contributed by atoms with E-state index in [1.165, 1.54) is 23.5 Å². The van der Waals surface area contributed by atoms with E-state index in [0.29, 0.717) is 17.1 Å². The minimum absolute atomic E-state index is 0.0270. The molecular weight excluding hydrogens is 426 g/mol. The Morgan fingerprint density at radius 3 is 2.73 bits per heavy atom. The van der Waals surface area contributed by atoms with Gasteiger partial charge in [0.25, 0.3) is 17.5 Å². The minimum atomic E-state index is -0.628.